The van der Waals surface area contributed by atoms with Gasteiger partial charge >= 0.3 is 0 Å². The quantitative estimate of drug-likeness (QED) is 0.888. The zero-order valence-corrected chi connectivity index (χ0v) is 12.3. The third kappa shape index (κ3) is 2.60. The molecule has 2 aromatic rings. The highest BCUT2D eigenvalue weighted by atomic mass is 79.9. The Bertz CT molecular complexity index is 607. The molecule has 1 aromatic heterocycles. The number of anilines is 1. The van der Waals surface area contributed by atoms with Gasteiger partial charge in [-0.25, -0.2) is 0 Å². The molecule has 18 heavy (non-hydrogen) atoms. The van der Waals surface area contributed by atoms with Gasteiger partial charge in [-0.2, -0.15) is 0 Å². The maximum atomic E-state index is 12.1. The third-order valence-electron chi connectivity index (χ3n) is 2.78. The number of hydrogen-bond acceptors (Lipinski definition) is 1. The molecule has 0 bridgehead atoms. The van der Waals surface area contributed by atoms with Gasteiger partial charge in [0.25, 0.3) is 5.91 Å². The molecule has 0 unspecified atom stereocenters. The Morgan fingerprint density at radius 2 is 2.06 bits per heavy atom. The summed E-state index contributed by atoms with van der Waals surface area (Å²) in [6.07, 6.45) is 0. The number of aromatic nitrogens is 1. The van der Waals surface area contributed by atoms with Crippen molar-refractivity contribution in [1.82, 2.24) is 4.57 Å². The Morgan fingerprint density at radius 1 is 1.33 bits per heavy atom. The highest BCUT2D eigenvalue weighted by molar-refractivity contribution is 9.10. The number of nitrogens with zero attached hydrogens (tertiary/aromatic N) is 1. The number of amides is 1. The van der Waals surface area contributed by atoms with Gasteiger partial charge in [0.15, 0.2) is 0 Å². The average molecular weight is 328 g/mol. The molecule has 0 radical (unpaired) electrons. The van der Waals surface area contributed by atoms with Crippen molar-refractivity contribution in [2.45, 2.75) is 6.92 Å². The van der Waals surface area contributed by atoms with Gasteiger partial charge in [0.2, 0.25) is 0 Å². The maximum absolute atomic E-state index is 12.1. The first-order valence-electron chi connectivity index (χ1n) is 5.38. The Hall–Kier alpha value is -1.26. The summed E-state index contributed by atoms with van der Waals surface area (Å²) in [5.41, 5.74) is 2.30. The highest BCUT2D eigenvalue weighted by Crippen LogP contribution is 2.26. The molecule has 1 amide bonds. The van der Waals surface area contributed by atoms with Crippen LogP contribution in [0, 0.1) is 6.92 Å². The van der Waals surface area contributed by atoms with E-state index in [2.05, 4.69) is 21.2 Å². The Kier molecular flexibility index (Phi) is 3.78. The van der Waals surface area contributed by atoms with Crippen LogP contribution in [0.2, 0.25) is 5.02 Å². The van der Waals surface area contributed by atoms with Crippen LogP contribution in [-0.4, -0.2) is 10.5 Å². The Balaban J connectivity index is 2.27. The maximum Gasteiger partial charge on any atom is 0.272 e. The molecule has 0 saturated heterocycles. The molecule has 0 atom stereocenters. The van der Waals surface area contributed by atoms with Crippen LogP contribution < -0.4 is 5.32 Å². The molecule has 3 nitrogen and oxygen atoms in total. The predicted octanol–water partition coefficient (Wildman–Crippen LogP) is 4.00. The number of halogens is 2. The van der Waals surface area contributed by atoms with Crippen molar-refractivity contribution in [1.29, 1.82) is 0 Å². The van der Waals surface area contributed by atoms with Crippen LogP contribution in [0.4, 0.5) is 5.69 Å². The molecule has 0 aliphatic carbocycles. The topological polar surface area (TPSA) is 34.0 Å². The minimum atomic E-state index is -0.159. The van der Waals surface area contributed by atoms with E-state index in [1.165, 1.54) is 0 Å². The van der Waals surface area contributed by atoms with E-state index < -0.39 is 0 Å². The number of benzene rings is 1. The lowest BCUT2D eigenvalue weighted by Gasteiger charge is -2.09. The number of aryl methyl sites for hydroxylation is 1. The van der Waals surface area contributed by atoms with E-state index >= 15 is 0 Å². The second kappa shape index (κ2) is 5.16. The van der Waals surface area contributed by atoms with Crippen molar-refractivity contribution in [3.05, 3.63) is 51.2 Å². The van der Waals surface area contributed by atoms with Gasteiger partial charge in [-0.1, -0.05) is 11.6 Å². The monoisotopic (exact) mass is 326 g/mol. The fraction of sp³-hybridized carbons (Fsp3) is 0.154. The number of carbonyl (C=O) groups excluding carboxylic acids is 1. The van der Waals surface area contributed by atoms with E-state index in [1.54, 1.807) is 24.3 Å². The Labute approximate surface area is 119 Å². The first kappa shape index (κ1) is 13.2. The normalized spacial score (nSPS) is 10.4. The minimum absolute atomic E-state index is 0.159. The van der Waals surface area contributed by atoms with Gasteiger partial charge in [-0.15, -0.1) is 0 Å². The van der Waals surface area contributed by atoms with Crippen molar-refractivity contribution in [2.24, 2.45) is 7.05 Å². The summed E-state index contributed by atoms with van der Waals surface area (Å²) in [6, 6.07) is 8.96. The molecule has 1 heterocycles. The molecule has 0 saturated carbocycles. The summed E-state index contributed by atoms with van der Waals surface area (Å²) in [6.45, 7) is 1.95. The van der Waals surface area contributed by atoms with Gasteiger partial charge in [-0.05, 0) is 53.2 Å². The molecule has 1 aromatic carbocycles. The highest BCUT2D eigenvalue weighted by Gasteiger charge is 2.12. The van der Waals surface area contributed by atoms with Crippen molar-refractivity contribution >= 4 is 39.1 Å². The summed E-state index contributed by atoms with van der Waals surface area (Å²) in [4.78, 5) is 12.1. The van der Waals surface area contributed by atoms with Gasteiger partial charge < -0.3 is 9.88 Å². The first-order chi connectivity index (χ1) is 8.49. The zero-order chi connectivity index (χ0) is 13.3. The lowest BCUT2D eigenvalue weighted by Crippen LogP contribution is -2.16. The van der Waals surface area contributed by atoms with Crippen molar-refractivity contribution in [3.8, 4) is 0 Å². The van der Waals surface area contributed by atoms with Crippen molar-refractivity contribution < 1.29 is 4.79 Å². The lowest BCUT2D eigenvalue weighted by atomic mass is 10.3. The van der Waals surface area contributed by atoms with Gasteiger partial charge in [0, 0.05) is 22.2 Å². The largest absolute Gasteiger partial charge is 0.344 e. The molecule has 0 fully saturated rings. The van der Waals surface area contributed by atoms with Crippen LogP contribution >= 0.6 is 27.5 Å². The standard InChI is InChI=1S/C13H12BrClN2O/c1-8-3-6-12(17(8)2)13(18)16-11-7-9(15)4-5-10(11)14/h3-7H,1-2H3,(H,16,18). The van der Waals surface area contributed by atoms with E-state index in [9.17, 15) is 4.79 Å². The second-order valence-electron chi connectivity index (χ2n) is 4.00. The molecular formula is C13H12BrClN2O. The number of hydrogen-bond donors (Lipinski definition) is 1. The minimum Gasteiger partial charge on any atom is -0.344 e. The smallest absolute Gasteiger partial charge is 0.272 e. The molecule has 5 heteroatoms. The van der Waals surface area contributed by atoms with Crippen LogP contribution in [0.3, 0.4) is 0 Å². The van der Waals surface area contributed by atoms with Crippen LogP contribution in [0.1, 0.15) is 16.2 Å². The summed E-state index contributed by atoms with van der Waals surface area (Å²) in [7, 11) is 1.86. The fourth-order valence-corrected chi connectivity index (χ4v) is 2.14. The van der Waals surface area contributed by atoms with Gasteiger partial charge in [0.05, 0.1) is 5.69 Å². The summed E-state index contributed by atoms with van der Waals surface area (Å²) in [5, 5.41) is 3.41. The van der Waals surface area contributed by atoms with Crippen LogP contribution in [-0.2, 0) is 7.05 Å². The van der Waals surface area contributed by atoms with Crippen LogP contribution in [0.5, 0.6) is 0 Å². The number of carbonyl (C=O) groups is 1. The van der Waals surface area contributed by atoms with E-state index in [0.717, 1.165) is 10.2 Å². The van der Waals surface area contributed by atoms with Crippen molar-refractivity contribution in [2.75, 3.05) is 5.32 Å². The van der Waals surface area contributed by atoms with Crippen molar-refractivity contribution in [3.63, 3.8) is 0 Å². The predicted molar refractivity (Wildman–Crippen MR) is 77.3 cm³/mol. The lowest BCUT2D eigenvalue weighted by molar-refractivity contribution is 0.101. The van der Waals surface area contributed by atoms with Crippen LogP contribution in [0.15, 0.2) is 34.8 Å². The molecule has 94 valence electrons. The van der Waals surface area contributed by atoms with E-state index in [0.29, 0.717) is 16.4 Å². The molecule has 0 aliphatic heterocycles. The summed E-state index contributed by atoms with van der Waals surface area (Å²) >= 11 is 9.28. The SMILES string of the molecule is Cc1ccc(C(=O)Nc2cc(Cl)ccc2Br)n1C. The van der Waals surface area contributed by atoms with E-state index in [-0.39, 0.29) is 5.91 Å². The molecular weight excluding hydrogens is 316 g/mol. The Morgan fingerprint density at radius 3 is 2.67 bits per heavy atom. The zero-order valence-electron chi connectivity index (χ0n) is 10.00. The van der Waals surface area contributed by atoms with Gasteiger partial charge in [0.1, 0.15) is 5.69 Å². The molecule has 0 aliphatic rings. The van der Waals surface area contributed by atoms with E-state index in [4.69, 9.17) is 11.6 Å². The van der Waals surface area contributed by atoms with E-state index in [1.807, 2.05) is 24.6 Å². The third-order valence-corrected chi connectivity index (χ3v) is 3.71. The number of nitrogens with one attached hydrogen (secondary N) is 1. The molecule has 0 spiro atoms. The van der Waals surface area contributed by atoms with Gasteiger partial charge in [-0.3, -0.25) is 4.79 Å². The summed E-state index contributed by atoms with van der Waals surface area (Å²) < 4.78 is 2.64. The van der Waals surface area contributed by atoms with Crippen LogP contribution in [0.25, 0.3) is 0 Å². The first-order valence-corrected chi connectivity index (χ1v) is 6.55. The second-order valence-corrected chi connectivity index (χ2v) is 5.29. The summed E-state index contributed by atoms with van der Waals surface area (Å²) in [5.74, 6) is -0.159. The fourth-order valence-electron chi connectivity index (χ4n) is 1.62. The molecule has 1 N–H and O–H groups in total. The average Bonchev–Trinajstić information content (AvgIpc) is 2.65. The number of rotatable bonds is 2. The molecule has 2 rings (SSSR count).